The maximum atomic E-state index is 13.1. The number of unbranched alkanes of at least 4 members (excludes halogenated alkanes) is 6. The maximum absolute atomic E-state index is 13.1. The van der Waals surface area contributed by atoms with Crippen LogP contribution in [0.5, 0.6) is 0 Å². The standard InChI is InChI=1S/C36H49N5O7/c1-2-3-4-5-6-14-21-38-32(20-13-15-22-39-35(44)46-25-28-16-9-7-10-17-28)34(43)48-33(42)31(37)23-30-24-41(27-40-30)36(45)47-26-29-18-11-8-12-19-29/h7-12,16-19,24,27,31-32,38H,2-6,13-15,20-23,25-26,37H2,1H3,(H,39,44)/t31-,32-/m0/s1. The quantitative estimate of drug-likeness (QED) is 0.0580. The summed E-state index contributed by atoms with van der Waals surface area (Å²) in [7, 11) is 0. The lowest BCUT2D eigenvalue weighted by Crippen LogP contribution is -2.43. The van der Waals surface area contributed by atoms with Crippen LogP contribution in [0.3, 0.4) is 0 Å². The fourth-order valence-corrected chi connectivity index (χ4v) is 4.84. The third-order valence-corrected chi connectivity index (χ3v) is 7.59. The lowest BCUT2D eigenvalue weighted by atomic mass is 10.1. The van der Waals surface area contributed by atoms with Gasteiger partial charge in [-0.2, -0.15) is 0 Å². The van der Waals surface area contributed by atoms with Gasteiger partial charge in [-0.25, -0.2) is 28.7 Å². The van der Waals surface area contributed by atoms with E-state index in [1.54, 1.807) is 0 Å². The molecule has 2 aromatic carbocycles. The topological polar surface area (TPSA) is 164 Å². The van der Waals surface area contributed by atoms with Gasteiger partial charge in [-0.05, 0) is 43.4 Å². The molecule has 12 heteroatoms. The SMILES string of the molecule is CCCCCCCCN[C@@H](CCCCNC(=O)OCc1ccccc1)C(=O)OC(=O)[C@@H](N)Cc1cn(C(=O)OCc2ccccc2)cn1. The average molecular weight is 664 g/mol. The van der Waals surface area contributed by atoms with Crippen LogP contribution in [0.15, 0.2) is 73.2 Å². The lowest BCUT2D eigenvalue weighted by molar-refractivity contribution is -0.162. The Labute approximate surface area is 282 Å². The molecule has 0 aliphatic heterocycles. The number of carbonyl (C=O) groups is 4. The summed E-state index contributed by atoms with van der Waals surface area (Å²) in [6.45, 7) is 3.44. The third kappa shape index (κ3) is 14.9. The molecule has 48 heavy (non-hydrogen) atoms. The minimum absolute atomic E-state index is 0.0347. The minimum Gasteiger partial charge on any atom is -0.445 e. The fraction of sp³-hybridized carbons (Fsp3) is 0.472. The molecule has 0 fully saturated rings. The summed E-state index contributed by atoms with van der Waals surface area (Å²) in [5, 5.41) is 5.96. The van der Waals surface area contributed by atoms with Crippen molar-refractivity contribution in [2.75, 3.05) is 13.1 Å². The summed E-state index contributed by atoms with van der Waals surface area (Å²) >= 11 is 0. The molecule has 4 N–H and O–H groups in total. The zero-order chi connectivity index (χ0) is 34.4. The van der Waals surface area contributed by atoms with Crippen LogP contribution in [0.2, 0.25) is 0 Å². The molecule has 2 atom stereocenters. The summed E-state index contributed by atoms with van der Waals surface area (Å²) in [5.41, 5.74) is 8.17. The van der Waals surface area contributed by atoms with E-state index in [0.29, 0.717) is 38.0 Å². The molecule has 12 nitrogen and oxygen atoms in total. The van der Waals surface area contributed by atoms with Crippen molar-refractivity contribution in [3.05, 3.63) is 90.0 Å². The molecule has 0 unspecified atom stereocenters. The lowest BCUT2D eigenvalue weighted by Gasteiger charge is -2.18. The molecule has 260 valence electrons. The van der Waals surface area contributed by atoms with Gasteiger partial charge in [0.2, 0.25) is 0 Å². The summed E-state index contributed by atoms with van der Waals surface area (Å²) in [6.07, 6.45) is 9.78. The molecular formula is C36H49N5O7. The number of benzene rings is 2. The van der Waals surface area contributed by atoms with E-state index in [1.165, 1.54) is 36.4 Å². The maximum Gasteiger partial charge on any atom is 0.419 e. The van der Waals surface area contributed by atoms with Crippen LogP contribution in [0.4, 0.5) is 9.59 Å². The van der Waals surface area contributed by atoms with E-state index in [2.05, 4.69) is 22.5 Å². The number of nitrogens with zero attached hydrogens (tertiary/aromatic N) is 2. The number of aromatic nitrogens is 2. The molecule has 1 aromatic heterocycles. The molecule has 1 heterocycles. The van der Waals surface area contributed by atoms with Gasteiger partial charge in [0.1, 0.15) is 31.6 Å². The predicted octanol–water partition coefficient (Wildman–Crippen LogP) is 5.42. The number of esters is 2. The number of amides is 1. The fourth-order valence-electron chi connectivity index (χ4n) is 4.84. The summed E-state index contributed by atoms with van der Waals surface area (Å²) in [4.78, 5) is 54.4. The highest BCUT2D eigenvalue weighted by molar-refractivity contribution is 5.90. The number of ether oxygens (including phenoxy) is 3. The largest absolute Gasteiger partial charge is 0.445 e. The number of nitrogens with two attached hydrogens (primary N) is 1. The number of hydrogen-bond acceptors (Lipinski definition) is 10. The van der Waals surface area contributed by atoms with Crippen LogP contribution in [-0.4, -0.2) is 58.8 Å². The number of alkyl carbamates (subject to hydrolysis) is 1. The van der Waals surface area contributed by atoms with Crippen LogP contribution < -0.4 is 16.4 Å². The van der Waals surface area contributed by atoms with Crippen LogP contribution in [0.25, 0.3) is 0 Å². The van der Waals surface area contributed by atoms with Gasteiger partial charge in [-0.3, -0.25) is 0 Å². The molecule has 0 saturated carbocycles. The van der Waals surface area contributed by atoms with Crippen LogP contribution in [0, 0.1) is 0 Å². The first kappa shape index (κ1) is 37.9. The van der Waals surface area contributed by atoms with Gasteiger partial charge in [-0.1, -0.05) is 99.7 Å². The van der Waals surface area contributed by atoms with Gasteiger partial charge in [-0.15, -0.1) is 0 Å². The molecular weight excluding hydrogens is 614 g/mol. The van der Waals surface area contributed by atoms with Crippen LogP contribution in [-0.2, 0) is 43.4 Å². The molecule has 0 bridgehead atoms. The van der Waals surface area contributed by atoms with Crippen molar-refractivity contribution in [2.45, 2.75) is 96.4 Å². The predicted molar refractivity (Wildman–Crippen MR) is 181 cm³/mol. The van der Waals surface area contributed by atoms with Gasteiger partial charge in [0.15, 0.2) is 0 Å². The highest BCUT2D eigenvalue weighted by Crippen LogP contribution is 2.09. The Bertz CT molecular complexity index is 1380. The monoisotopic (exact) mass is 663 g/mol. The average Bonchev–Trinajstić information content (AvgIpc) is 3.57. The summed E-state index contributed by atoms with van der Waals surface area (Å²) in [6, 6.07) is 16.8. The first-order valence-electron chi connectivity index (χ1n) is 16.8. The van der Waals surface area contributed by atoms with Crippen molar-refractivity contribution < 1.29 is 33.4 Å². The van der Waals surface area contributed by atoms with Gasteiger partial charge in [0, 0.05) is 19.2 Å². The zero-order valence-electron chi connectivity index (χ0n) is 27.8. The second-order valence-electron chi connectivity index (χ2n) is 11.6. The minimum atomic E-state index is -1.16. The van der Waals surface area contributed by atoms with Crippen molar-refractivity contribution in [2.24, 2.45) is 5.73 Å². The molecule has 0 radical (unpaired) electrons. The van der Waals surface area contributed by atoms with Crippen LogP contribution in [0.1, 0.15) is 81.5 Å². The van der Waals surface area contributed by atoms with Gasteiger partial charge >= 0.3 is 24.1 Å². The number of hydrogen-bond donors (Lipinski definition) is 3. The van der Waals surface area contributed by atoms with Crippen LogP contribution >= 0.6 is 0 Å². The molecule has 0 aliphatic carbocycles. The van der Waals surface area contributed by atoms with Crippen molar-refractivity contribution in [3.8, 4) is 0 Å². The van der Waals surface area contributed by atoms with Crippen molar-refractivity contribution in [3.63, 3.8) is 0 Å². The van der Waals surface area contributed by atoms with Gasteiger partial charge in [0.25, 0.3) is 0 Å². The van der Waals surface area contributed by atoms with E-state index in [9.17, 15) is 19.2 Å². The Kier molecular flexibility index (Phi) is 17.4. The van der Waals surface area contributed by atoms with E-state index in [4.69, 9.17) is 19.9 Å². The second-order valence-corrected chi connectivity index (χ2v) is 11.6. The highest BCUT2D eigenvalue weighted by Gasteiger charge is 2.26. The normalized spacial score (nSPS) is 12.1. The smallest absolute Gasteiger partial charge is 0.419 e. The first-order valence-corrected chi connectivity index (χ1v) is 16.8. The zero-order valence-corrected chi connectivity index (χ0v) is 27.8. The second kappa shape index (κ2) is 22.1. The van der Waals surface area contributed by atoms with E-state index in [-0.39, 0.29) is 19.6 Å². The molecule has 3 aromatic rings. The first-order chi connectivity index (χ1) is 23.4. The Hall–Kier alpha value is -4.55. The number of rotatable bonds is 21. The van der Waals surface area contributed by atoms with Crippen molar-refractivity contribution >= 4 is 24.1 Å². The molecule has 1 amide bonds. The highest BCUT2D eigenvalue weighted by atomic mass is 16.6. The Morgan fingerprint density at radius 3 is 2.10 bits per heavy atom. The summed E-state index contributed by atoms with van der Waals surface area (Å²) in [5.74, 6) is -1.58. The Morgan fingerprint density at radius 2 is 1.42 bits per heavy atom. The van der Waals surface area contributed by atoms with E-state index >= 15 is 0 Å². The van der Waals surface area contributed by atoms with Gasteiger partial charge < -0.3 is 30.6 Å². The number of imidazole rings is 1. The molecule has 0 aliphatic rings. The summed E-state index contributed by atoms with van der Waals surface area (Å²) < 4.78 is 16.9. The Morgan fingerprint density at radius 1 is 0.792 bits per heavy atom. The van der Waals surface area contributed by atoms with Crippen molar-refractivity contribution in [1.82, 2.24) is 20.2 Å². The van der Waals surface area contributed by atoms with Crippen molar-refractivity contribution in [1.29, 1.82) is 0 Å². The molecule has 0 saturated heterocycles. The Balaban J connectivity index is 1.42. The molecule has 0 spiro atoms. The number of nitrogens with one attached hydrogen (secondary N) is 2. The van der Waals surface area contributed by atoms with E-state index < -0.39 is 36.2 Å². The van der Waals surface area contributed by atoms with E-state index in [0.717, 1.165) is 30.4 Å². The third-order valence-electron chi connectivity index (χ3n) is 7.59. The number of carbonyl (C=O) groups excluding carboxylic acids is 4. The molecule has 3 rings (SSSR count). The van der Waals surface area contributed by atoms with E-state index in [1.807, 2.05) is 60.7 Å². The van der Waals surface area contributed by atoms with Gasteiger partial charge in [0.05, 0.1) is 5.69 Å².